The van der Waals surface area contributed by atoms with Crippen molar-refractivity contribution in [3.63, 3.8) is 0 Å². The summed E-state index contributed by atoms with van der Waals surface area (Å²) in [4.78, 5) is 0. The van der Waals surface area contributed by atoms with E-state index in [1.807, 2.05) is 43.6 Å². The summed E-state index contributed by atoms with van der Waals surface area (Å²) in [5.74, 6) is 0. The van der Waals surface area contributed by atoms with Crippen molar-refractivity contribution in [1.29, 1.82) is 0 Å². The molecule has 0 fully saturated rings. The van der Waals surface area contributed by atoms with Gasteiger partial charge in [-0.15, -0.1) is 0 Å². The van der Waals surface area contributed by atoms with Gasteiger partial charge >= 0.3 is 0 Å². The standard InChI is InChI=1S/C12H14ClN3/c1-16-7-6-9(15-16)8-12(14)10-4-2-3-5-11(10)13/h2-7,12H,8,14H2,1H3. The molecule has 84 valence electrons. The van der Waals surface area contributed by atoms with Crippen LogP contribution in [0.4, 0.5) is 0 Å². The molecular formula is C12H14ClN3. The maximum Gasteiger partial charge on any atom is 0.0643 e. The summed E-state index contributed by atoms with van der Waals surface area (Å²) < 4.78 is 1.77. The zero-order chi connectivity index (χ0) is 11.5. The van der Waals surface area contributed by atoms with Crippen LogP contribution in [0, 0.1) is 0 Å². The summed E-state index contributed by atoms with van der Waals surface area (Å²) in [6.45, 7) is 0. The van der Waals surface area contributed by atoms with Crippen molar-refractivity contribution in [3.05, 3.63) is 52.8 Å². The molecular weight excluding hydrogens is 222 g/mol. The lowest BCUT2D eigenvalue weighted by Gasteiger charge is -2.11. The molecule has 4 heteroatoms. The molecule has 0 saturated heterocycles. The Bertz CT molecular complexity index is 479. The SMILES string of the molecule is Cn1ccc(CC(N)c2ccccc2Cl)n1. The Hall–Kier alpha value is -1.32. The third kappa shape index (κ3) is 2.43. The molecule has 1 aromatic carbocycles. The zero-order valence-corrected chi connectivity index (χ0v) is 9.85. The lowest BCUT2D eigenvalue weighted by molar-refractivity contribution is 0.675. The van der Waals surface area contributed by atoms with Crippen LogP contribution in [0.5, 0.6) is 0 Å². The van der Waals surface area contributed by atoms with Gasteiger partial charge in [0.2, 0.25) is 0 Å². The van der Waals surface area contributed by atoms with Crippen molar-refractivity contribution in [2.45, 2.75) is 12.5 Å². The summed E-state index contributed by atoms with van der Waals surface area (Å²) in [5.41, 5.74) is 8.05. The lowest BCUT2D eigenvalue weighted by atomic mass is 10.0. The number of nitrogens with zero attached hydrogens (tertiary/aromatic N) is 2. The van der Waals surface area contributed by atoms with Crippen LogP contribution in [0.2, 0.25) is 5.02 Å². The summed E-state index contributed by atoms with van der Waals surface area (Å²) in [6.07, 6.45) is 2.61. The van der Waals surface area contributed by atoms with Crippen molar-refractivity contribution in [1.82, 2.24) is 9.78 Å². The van der Waals surface area contributed by atoms with Crippen LogP contribution in [-0.2, 0) is 13.5 Å². The van der Waals surface area contributed by atoms with E-state index in [0.29, 0.717) is 11.4 Å². The number of aromatic nitrogens is 2. The van der Waals surface area contributed by atoms with Crippen molar-refractivity contribution in [3.8, 4) is 0 Å². The Kier molecular flexibility index (Phi) is 3.27. The molecule has 1 aromatic heterocycles. The topological polar surface area (TPSA) is 43.8 Å². The highest BCUT2D eigenvalue weighted by Gasteiger charge is 2.11. The van der Waals surface area contributed by atoms with Gasteiger partial charge in [0.1, 0.15) is 0 Å². The minimum absolute atomic E-state index is 0.108. The molecule has 0 saturated carbocycles. The van der Waals surface area contributed by atoms with E-state index in [2.05, 4.69) is 5.10 Å². The number of hydrogen-bond acceptors (Lipinski definition) is 2. The van der Waals surface area contributed by atoms with Gasteiger partial charge in [-0.3, -0.25) is 4.68 Å². The first-order chi connectivity index (χ1) is 7.66. The Morgan fingerprint density at radius 3 is 2.75 bits per heavy atom. The molecule has 0 spiro atoms. The lowest BCUT2D eigenvalue weighted by Crippen LogP contribution is -2.14. The first kappa shape index (κ1) is 11.2. The summed E-state index contributed by atoms with van der Waals surface area (Å²) >= 11 is 6.08. The molecule has 1 unspecified atom stereocenters. The third-order valence-corrected chi connectivity index (χ3v) is 2.85. The maximum absolute atomic E-state index is 6.10. The molecule has 16 heavy (non-hydrogen) atoms. The van der Waals surface area contributed by atoms with Gasteiger partial charge in [-0.25, -0.2) is 0 Å². The molecule has 3 nitrogen and oxygen atoms in total. The minimum Gasteiger partial charge on any atom is -0.324 e. The minimum atomic E-state index is -0.108. The van der Waals surface area contributed by atoms with Crippen LogP contribution in [-0.4, -0.2) is 9.78 Å². The first-order valence-electron chi connectivity index (χ1n) is 5.15. The van der Waals surface area contributed by atoms with Crippen LogP contribution >= 0.6 is 11.6 Å². The van der Waals surface area contributed by atoms with Gasteiger partial charge in [-0.05, 0) is 17.7 Å². The van der Waals surface area contributed by atoms with Crippen molar-refractivity contribution < 1.29 is 0 Å². The Morgan fingerprint density at radius 2 is 2.12 bits per heavy atom. The van der Waals surface area contributed by atoms with Crippen molar-refractivity contribution in [2.24, 2.45) is 12.8 Å². The molecule has 0 aliphatic heterocycles. The number of nitrogens with two attached hydrogens (primary N) is 1. The van der Waals surface area contributed by atoms with Crippen LogP contribution in [0.3, 0.4) is 0 Å². The molecule has 0 aliphatic rings. The van der Waals surface area contributed by atoms with E-state index in [-0.39, 0.29) is 6.04 Å². The van der Waals surface area contributed by atoms with Crippen LogP contribution in [0.15, 0.2) is 36.5 Å². The Morgan fingerprint density at radius 1 is 1.38 bits per heavy atom. The average molecular weight is 236 g/mol. The molecule has 2 aromatic rings. The van der Waals surface area contributed by atoms with E-state index in [4.69, 9.17) is 17.3 Å². The van der Waals surface area contributed by atoms with Gasteiger partial charge in [0.05, 0.1) is 5.69 Å². The van der Waals surface area contributed by atoms with Crippen LogP contribution in [0.1, 0.15) is 17.3 Å². The number of hydrogen-bond donors (Lipinski definition) is 1. The molecule has 0 amide bonds. The summed E-state index contributed by atoms with van der Waals surface area (Å²) in [5, 5.41) is 5.01. The Balaban J connectivity index is 2.14. The fourth-order valence-corrected chi connectivity index (χ4v) is 1.96. The molecule has 0 bridgehead atoms. The number of aryl methyl sites for hydroxylation is 1. The fourth-order valence-electron chi connectivity index (χ4n) is 1.68. The largest absolute Gasteiger partial charge is 0.324 e. The fraction of sp³-hybridized carbons (Fsp3) is 0.250. The smallest absolute Gasteiger partial charge is 0.0643 e. The van der Waals surface area contributed by atoms with E-state index >= 15 is 0 Å². The highest BCUT2D eigenvalue weighted by Crippen LogP contribution is 2.23. The number of benzene rings is 1. The highest BCUT2D eigenvalue weighted by molar-refractivity contribution is 6.31. The van der Waals surface area contributed by atoms with E-state index in [9.17, 15) is 0 Å². The average Bonchev–Trinajstić information content (AvgIpc) is 2.64. The predicted octanol–water partition coefficient (Wildman–Crippen LogP) is 2.32. The molecule has 0 radical (unpaired) electrons. The van der Waals surface area contributed by atoms with Crippen molar-refractivity contribution in [2.75, 3.05) is 0 Å². The van der Waals surface area contributed by atoms with Crippen LogP contribution in [0.25, 0.3) is 0 Å². The summed E-state index contributed by atoms with van der Waals surface area (Å²) in [6, 6.07) is 9.52. The monoisotopic (exact) mass is 235 g/mol. The van der Waals surface area contributed by atoms with E-state index in [0.717, 1.165) is 11.3 Å². The van der Waals surface area contributed by atoms with Gasteiger partial charge in [0, 0.05) is 30.7 Å². The predicted molar refractivity (Wildman–Crippen MR) is 65.3 cm³/mol. The van der Waals surface area contributed by atoms with Crippen molar-refractivity contribution >= 4 is 11.6 Å². The first-order valence-corrected chi connectivity index (χ1v) is 5.53. The second-order valence-corrected chi connectivity index (χ2v) is 4.22. The van der Waals surface area contributed by atoms with Gasteiger partial charge in [0.25, 0.3) is 0 Å². The normalized spacial score (nSPS) is 12.7. The number of halogens is 1. The third-order valence-electron chi connectivity index (χ3n) is 2.50. The maximum atomic E-state index is 6.10. The second-order valence-electron chi connectivity index (χ2n) is 3.81. The van der Waals surface area contributed by atoms with E-state index < -0.39 is 0 Å². The molecule has 2 rings (SSSR count). The molecule has 2 N–H and O–H groups in total. The molecule has 0 aliphatic carbocycles. The van der Waals surface area contributed by atoms with E-state index in [1.54, 1.807) is 4.68 Å². The molecule has 1 atom stereocenters. The summed E-state index contributed by atoms with van der Waals surface area (Å²) in [7, 11) is 1.89. The van der Waals surface area contributed by atoms with Gasteiger partial charge in [-0.1, -0.05) is 29.8 Å². The van der Waals surface area contributed by atoms with Gasteiger partial charge in [0.15, 0.2) is 0 Å². The molecule has 1 heterocycles. The number of rotatable bonds is 3. The Labute approximate surface area is 99.8 Å². The van der Waals surface area contributed by atoms with Gasteiger partial charge in [-0.2, -0.15) is 5.10 Å². The van der Waals surface area contributed by atoms with Gasteiger partial charge < -0.3 is 5.73 Å². The highest BCUT2D eigenvalue weighted by atomic mass is 35.5. The zero-order valence-electron chi connectivity index (χ0n) is 9.10. The second kappa shape index (κ2) is 4.68. The van der Waals surface area contributed by atoms with E-state index in [1.165, 1.54) is 0 Å². The quantitative estimate of drug-likeness (QED) is 0.887. The van der Waals surface area contributed by atoms with Crippen LogP contribution < -0.4 is 5.73 Å².